The Morgan fingerprint density at radius 3 is 2.11 bits per heavy atom. The average Bonchev–Trinajstić information content (AvgIpc) is 2.15. The molecule has 0 heterocycles. The van der Waals surface area contributed by atoms with Crippen LogP contribution in [0.1, 0.15) is 34.1 Å². The van der Waals surface area contributed by atoms with Gasteiger partial charge in [0, 0.05) is 19.1 Å². The Labute approximate surface area is 124 Å². The highest BCUT2D eigenvalue weighted by molar-refractivity contribution is 5.85. The minimum Gasteiger partial charge on any atom is -0.353 e. The molecular weight excluding hydrogens is 273 g/mol. The van der Waals surface area contributed by atoms with Crippen molar-refractivity contribution >= 4 is 30.7 Å². The fourth-order valence-electron chi connectivity index (χ4n) is 1.36. The number of likely N-dealkylation sites (N-methyl/N-ethyl adjacent to an activating group) is 1. The van der Waals surface area contributed by atoms with Crippen molar-refractivity contribution in [3.05, 3.63) is 0 Å². The quantitative estimate of drug-likeness (QED) is 0.752. The average molecular weight is 302 g/mol. The van der Waals surface area contributed by atoms with Crippen molar-refractivity contribution in [2.45, 2.75) is 46.2 Å². The molecule has 0 unspecified atom stereocenters. The summed E-state index contributed by atoms with van der Waals surface area (Å²) in [6.45, 7) is 9.93. The van der Waals surface area contributed by atoms with Gasteiger partial charge in [-0.05, 0) is 33.2 Å². The summed E-state index contributed by atoms with van der Waals surface area (Å²) in [5, 5.41) is 2.87. The normalized spacial score (nSPS) is 12.1. The van der Waals surface area contributed by atoms with Crippen molar-refractivity contribution in [3.8, 4) is 0 Å². The molecule has 0 radical (unpaired) electrons. The van der Waals surface area contributed by atoms with Crippen LogP contribution in [0.2, 0.25) is 0 Å². The van der Waals surface area contributed by atoms with Crippen LogP contribution in [-0.2, 0) is 4.79 Å². The summed E-state index contributed by atoms with van der Waals surface area (Å²) >= 11 is 0. The van der Waals surface area contributed by atoms with E-state index in [4.69, 9.17) is 5.73 Å². The molecule has 0 aliphatic heterocycles. The third-order valence-electron chi connectivity index (χ3n) is 2.71. The molecule has 6 heteroatoms. The van der Waals surface area contributed by atoms with Gasteiger partial charge in [-0.1, -0.05) is 13.8 Å². The molecule has 18 heavy (non-hydrogen) atoms. The second kappa shape index (κ2) is 12.0. The first-order valence-electron chi connectivity index (χ1n) is 6.08. The van der Waals surface area contributed by atoms with Gasteiger partial charge in [0.05, 0.1) is 6.04 Å². The minimum atomic E-state index is -0.371. The van der Waals surface area contributed by atoms with Gasteiger partial charge in [-0.2, -0.15) is 0 Å². The van der Waals surface area contributed by atoms with E-state index in [2.05, 4.69) is 37.9 Å². The zero-order valence-electron chi connectivity index (χ0n) is 12.1. The maximum absolute atomic E-state index is 11.6. The number of carbonyl (C=O) groups excluding carboxylic acids is 1. The van der Waals surface area contributed by atoms with Gasteiger partial charge in [-0.25, -0.2) is 0 Å². The number of hydrogen-bond donors (Lipinski definition) is 2. The number of nitrogens with zero attached hydrogens (tertiary/aromatic N) is 1. The van der Waals surface area contributed by atoms with Gasteiger partial charge < -0.3 is 16.0 Å². The SMILES string of the molecule is CC(C)C[C@H](N)C(=O)NCCN(C)C(C)C.Cl.Cl. The highest BCUT2D eigenvalue weighted by Gasteiger charge is 2.14. The Morgan fingerprint density at radius 2 is 1.72 bits per heavy atom. The molecule has 112 valence electrons. The van der Waals surface area contributed by atoms with Gasteiger partial charge in [0.1, 0.15) is 0 Å². The van der Waals surface area contributed by atoms with E-state index >= 15 is 0 Å². The first-order valence-corrected chi connectivity index (χ1v) is 6.08. The van der Waals surface area contributed by atoms with Crippen LogP contribution in [0, 0.1) is 5.92 Å². The van der Waals surface area contributed by atoms with Gasteiger partial charge in [0.15, 0.2) is 0 Å². The third kappa shape index (κ3) is 11.1. The number of rotatable bonds is 7. The maximum atomic E-state index is 11.6. The van der Waals surface area contributed by atoms with E-state index in [0.29, 0.717) is 18.5 Å². The fraction of sp³-hybridized carbons (Fsp3) is 0.917. The molecule has 0 aromatic carbocycles. The van der Waals surface area contributed by atoms with Crippen molar-refractivity contribution in [1.82, 2.24) is 10.2 Å². The minimum absolute atomic E-state index is 0. The number of nitrogens with two attached hydrogens (primary N) is 1. The van der Waals surface area contributed by atoms with Crippen molar-refractivity contribution in [1.29, 1.82) is 0 Å². The topological polar surface area (TPSA) is 58.4 Å². The molecule has 0 saturated heterocycles. The summed E-state index contributed by atoms with van der Waals surface area (Å²) in [6.07, 6.45) is 0.742. The molecule has 4 nitrogen and oxygen atoms in total. The summed E-state index contributed by atoms with van der Waals surface area (Å²) in [5.74, 6) is 0.421. The second-order valence-electron chi connectivity index (χ2n) is 5.10. The van der Waals surface area contributed by atoms with E-state index in [0.717, 1.165) is 13.0 Å². The zero-order chi connectivity index (χ0) is 12.7. The van der Waals surface area contributed by atoms with Gasteiger partial charge in [-0.15, -0.1) is 24.8 Å². The second-order valence-corrected chi connectivity index (χ2v) is 5.10. The molecule has 3 N–H and O–H groups in total. The molecule has 0 aromatic heterocycles. The van der Waals surface area contributed by atoms with E-state index in [-0.39, 0.29) is 36.8 Å². The number of nitrogens with one attached hydrogen (secondary N) is 1. The largest absolute Gasteiger partial charge is 0.353 e. The van der Waals surface area contributed by atoms with E-state index in [1.165, 1.54) is 0 Å². The summed E-state index contributed by atoms with van der Waals surface area (Å²) in [5.41, 5.74) is 5.77. The molecule has 0 rings (SSSR count). The van der Waals surface area contributed by atoms with Crippen LogP contribution in [0.4, 0.5) is 0 Å². The van der Waals surface area contributed by atoms with Crippen LogP contribution < -0.4 is 11.1 Å². The summed E-state index contributed by atoms with van der Waals surface area (Å²) < 4.78 is 0. The lowest BCUT2D eigenvalue weighted by molar-refractivity contribution is -0.122. The molecule has 0 saturated carbocycles. The molecular formula is C12H29Cl2N3O. The Bertz CT molecular complexity index is 213. The number of carbonyl (C=O) groups is 1. The Balaban J connectivity index is -0.00000112. The Kier molecular flexibility index (Phi) is 15.4. The highest BCUT2D eigenvalue weighted by Crippen LogP contribution is 2.02. The zero-order valence-corrected chi connectivity index (χ0v) is 13.7. The van der Waals surface area contributed by atoms with Crippen LogP contribution in [0.5, 0.6) is 0 Å². The first kappa shape index (κ1) is 23.1. The van der Waals surface area contributed by atoms with Crippen LogP contribution >= 0.6 is 24.8 Å². The fourth-order valence-corrected chi connectivity index (χ4v) is 1.36. The third-order valence-corrected chi connectivity index (χ3v) is 2.71. The lowest BCUT2D eigenvalue weighted by atomic mass is 10.0. The highest BCUT2D eigenvalue weighted by atomic mass is 35.5. The van der Waals surface area contributed by atoms with Gasteiger partial charge in [-0.3, -0.25) is 4.79 Å². The van der Waals surface area contributed by atoms with Gasteiger partial charge in [0.25, 0.3) is 0 Å². The molecule has 0 aliphatic carbocycles. The standard InChI is InChI=1S/C12H27N3O.2ClH/c1-9(2)8-11(13)12(16)14-6-7-15(5)10(3)4;;/h9-11H,6-8,13H2,1-5H3,(H,14,16);2*1H/t11-;;/m0../s1. The molecule has 0 bridgehead atoms. The smallest absolute Gasteiger partial charge is 0.236 e. The maximum Gasteiger partial charge on any atom is 0.236 e. The molecule has 0 aromatic rings. The number of hydrogen-bond acceptors (Lipinski definition) is 3. The van der Waals surface area contributed by atoms with E-state index < -0.39 is 0 Å². The van der Waals surface area contributed by atoms with Gasteiger partial charge in [0.2, 0.25) is 5.91 Å². The molecule has 0 aliphatic rings. The predicted octanol–water partition coefficient (Wildman–Crippen LogP) is 1.66. The Hall–Kier alpha value is -0.0300. The molecule has 0 fully saturated rings. The van der Waals surface area contributed by atoms with Crippen molar-refractivity contribution in [2.24, 2.45) is 11.7 Å². The predicted molar refractivity (Wildman–Crippen MR) is 82.7 cm³/mol. The lowest BCUT2D eigenvalue weighted by Gasteiger charge is -2.21. The molecule has 0 spiro atoms. The molecule has 1 atom stereocenters. The van der Waals surface area contributed by atoms with Crippen molar-refractivity contribution in [2.75, 3.05) is 20.1 Å². The number of halogens is 2. The summed E-state index contributed by atoms with van der Waals surface area (Å²) in [6, 6.07) is 0.130. The van der Waals surface area contributed by atoms with Crippen LogP contribution in [0.25, 0.3) is 0 Å². The van der Waals surface area contributed by atoms with Crippen molar-refractivity contribution < 1.29 is 4.79 Å². The summed E-state index contributed by atoms with van der Waals surface area (Å²) in [4.78, 5) is 13.8. The van der Waals surface area contributed by atoms with Crippen LogP contribution in [-0.4, -0.2) is 43.0 Å². The Morgan fingerprint density at radius 1 is 1.22 bits per heavy atom. The molecule has 1 amide bonds. The monoisotopic (exact) mass is 301 g/mol. The van der Waals surface area contributed by atoms with E-state index in [1.807, 2.05) is 7.05 Å². The number of amides is 1. The lowest BCUT2D eigenvalue weighted by Crippen LogP contribution is -2.44. The van der Waals surface area contributed by atoms with Gasteiger partial charge >= 0.3 is 0 Å². The van der Waals surface area contributed by atoms with Crippen molar-refractivity contribution in [3.63, 3.8) is 0 Å². The first-order chi connectivity index (χ1) is 7.34. The van der Waals surface area contributed by atoms with Crippen LogP contribution in [0.15, 0.2) is 0 Å². The summed E-state index contributed by atoms with van der Waals surface area (Å²) in [7, 11) is 2.05. The van der Waals surface area contributed by atoms with E-state index in [9.17, 15) is 4.79 Å². The van der Waals surface area contributed by atoms with Crippen LogP contribution in [0.3, 0.4) is 0 Å². The van der Waals surface area contributed by atoms with E-state index in [1.54, 1.807) is 0 Å².